The highest BCUT2D eigenvalue weighted by Gasteiger charge is 2.37. The molecule has 2 rings (SSSR count). The Morgan fingerprint density at radius 1 is 1.38 bits per heavy atom. The van der Waals surface area contributed by atoms with Crippen molar-refractivity contribution in [2.45, 2.75) is 32.4 Å². The third kappa shape index (κ3) is 1.91. The predicted octanol–water partition coefficient (Wildman–Crippen LogP) is -0.669. The number of hydrogen-bond donors (Lipinski definition) is 2. The van der Waals surface area contributed by atoms with Crippen molar-refractivity contribution in [2.24, 2.45) is 5.92 Å². The lowest BCUT2D eigenvalue weighted by Gasteiger charge is -2.35. The fraction of sp³-hybridized carbons (Fsp3) is 0.818. The van der Waals surface area contributed by atoms with E-state index in [1.54, 1.807) is 11.8 Å². The highest BCUT2D eigenvalue weighted by atomic mass is 16.2. The van der Waals surface area contributed by atoms with E-state index in [0.29, 0.717) is 19.0 Å². The molecule has 2 aliphatic heterocycles. The zero-order valence-electron chi connectivity index (χ0n) is 9.82. The second-order valence-corrected chi connectivity index (χ2v) is 4.70. The topological polar surface area (TPSA) is 61.4 Å². The molecule has 2 fully saturated rings. The van der Waals surface area contributed by atoms with Crippen LogP contribution in [0.3, 0.4) is 0 Å². The van der Waals surface area contributed by atoms with Gasteiger partial charge in [-0.25, -0.2) is 0 Å². The fourth-order valence-corrected chi connectivity index (χ4v) is 2.43. The van der Waals surface area contributed by atoms with E-state index >= 15 is 0 Å². The van der Waals surface area contributed by atoms with Crippen LogP contribution in [0.1, 0.15) is 20.3 Å². The van der Waals surface area contributed by atoms with Crippen molar-refractivity contribution in [3.05, 3.63) is 0 Å². The zero-order valence-corrected chi connectivity index (χ0v) is 9.82. The molecule has 2 heterocycles. The van der Waals surface area contributed by atoms with E-state index in [1.807, 2.05) is 0 Å². The summed E-state index contributed by atoms with van der Waals surface area (Å²) in [5, 5.41) is 5.98. The SMILES string of the molecule is CC1CCNC1C(=O)N1CCNC(=O)C1C. The molecule has 0 spiro atoms. The number of rotatable bonds is 1. The maximum Gasteiger partial charge on any atom is 0.242 e. The Balaban J connectivity index is 2.05. The molecule has 0 aromatic carbocycles. The number of nitrogens with zero attached hydrogens (tertiary/aromatic N) is 1. The molecule has 0 bridgehead atoms. The first-order valence-electron chi connectivity index (χ1n) is 5.93. The number of hydrogen-bond acceptors (Lipinski definition) is 3. The number of carbonyl (C=O) groups excluding carboxylic acids is 2. The van der Waals surface area contributed by atoms with E-state index in [2.05, 4.69) is 17.6 Å². The minimum atomic E-state index is -0.337. The van der Waals surface area contributed by atoms with Crippen molar-refractivity contribution in [3.63, 3.8) is 0 Å². The Kier molecular flexibility index (Phi) is 3.14. The summed E-state index contributed by atoms with van der Waals surface area (Å²) in [4.78, 5) is 25.4. The predicted molar refractivity (Wildman–Crippen MR) is 59.8 cm³/mol. The highest BCUT2D eigenvalue weighted by molar-refractivity contribution is 5.90. The summed E-state index contributed by atoms with van der Waals surface area (Å²) in [6, 6.07) is -0.441. The summed E-state index contributed by atoms with van der Waals surface area (Å²) in [5.74, 6) is 0.391. The van der Waals surface area contributed by atoms with Crippen LogP contribution in [0.5, 0.6) is 0 Å². The van der Waals surface area contributed by atoms with Gasteiger partial charge in [-0.05, 0) is 25.8 Å². The van der Waals surface area contributed by atoms with Crippen LogP contribution < -0.4 is 10.6 Å². The first-order valence-corrected chi connectivity index (χ1v) is 5.93. The molecule has 0 aromatic heterocycles. The maximum atomic E-state index is 12.3. The molecule has 0 saturated carbocycles. The van der Waals surface area contributed by atoms with E-state index in [-0.39, 0.29) is 23.9 Å². The van der Waals surface area contributed by atoms with Gasteiger partial charge in [0.2, 0.25) is 11.8 Å². The van der Waals surface area contributed by atoms with Gasteiger partial charge in [0, 0.05) is 13.1 Å². The number of amides is 2. The fourth-order valence-electron chi connectivity index (χ4n) is 2.43. The van der Waals surface area contributed by atoms with Gasteiger partial charge in [0.05, 0.1) is 6.04 Å². The average molecular weight is 225 g/mol. The first-order chi connectivity index (χ1) is 7.61. The number of carbonyl (C=O) groups is 2. The van der Waals surface area contributed by atoms with Crippen LogP contribution in [0.25, 0.3) is 0 Å². The lowest BCUT2D eigenvalue weighted by Crippen LogP contribution is -2.59. The summed E-state index contributed by atoms with van der Waals surface area (Å²) in [7, 11) is 0. The van der Waals surface area contributed by atoms with Crippen molar-refractivity contribution >= 4 is 11.8 Å². The van der Waals surface area contributed by atoms with Crippen molar-refractivity contribution in [2.75, 3.05) is 19.6 Å². The van der Waals surface area contributed by atoms with Crippen LogP contribution in [0, 0.1) is 5.92 Å². The van der Waals surface area contributed by atoms with Crippen LogP contribution in [0.2, 0.25) is 0 Å². The Morgan fingerprint density at radius 3 is 2.75 bits per heavy atom. The second kappa shape index (κ2) is 4.41. The molecule has 90 valence electrons. The van der Waals surface area contributed by atoms with Gasteiger partial charge < -0.3 is 15.5 Å². The third-order valence-corrected chi connectivity index (χ3v) is 3.58. The van der Waals surface area contributed by atoms with Crippen molar-refractivity contribution < 1.29 is 9.59 Å². The summed E-state index contributed by atoms with van der Waals surface area (Å²) in [6.07, 6.45) is 1.03. The van der Waals surface area contributed by atoms with E-state index < -0.39 is 0 Å². The van der Waals surface area contributed by atoms with Crippen LogP contribution in [0.4, 0.5) is 0 Å². The van der Waals surface area contributed by atoms with Gasteiger partial charge in [-0.1, -0.05) is 6.92 Å². The van der Waals surface area contributed by atoms with Crippen LogP contribution in [-0.2, 0) is 9.59 Å². The quantitative estimate of drug-likeness (QED) is 0.622. The maximum absolute atomic E-state index is 12.3. The van der Waals surface area contributed by atoms with E-state index in [1.165, 1.54) is 0 Å². The van der Waals surface area contributed by atoms with Gasteiger partial charge in [-0.3, -0.25) is 9.59 Å². The minimum Gasteiger partial charge on any atom is -0.353 e. The standard InChI is InChI=1S/C11H19N3O2/c1-7-3-4-12-9(7)11(16)14-6-5-13-10(15)8(14)2/h7-9,12H,3-6H2,1-2H3,(H,13,15). The molecule has 2 N–H and O–H groups in total. The van der Waals surface area contributed by atoms with Gasteiger partial charge in [-0.2, -0.15) is 0 Å². The van der Waals surface area contributed by atoms with Crippen molar-refractivity contribution in [3.8, 4) is 0 Å². The lowest BCUT2D eigenvalue weighted by atomic mass is 10.0. The molecule has 2 saturated heterocycles. The van der Waals surface area contributed by atoms with Gasteiger partial charge in [-0.15, -0.1) is 0 Å². The van der Waals surface area contributed by atoms with Crippen molar-refractivity contribution in [1.29, 1.82) is 0 Å². The van der Waals surface area contributed by atoms with Crippen LogP contribution in [-0.4, -0.2) is 48.4 Å². The summed E-state index contributed by atoms with van der Waals surface area (Å²) < 4.78 is 0. The smallest absolute Gasteiger partial charge is 0.242 e. The first kappa shape index (κ1) is 11.4. The molecule has 5 heteroatoms. The number of piperazine rings is 1. The monoisotopic (exact) mass is 225 g/mol. The third-order valence-electron chi connectivity index (χ3n) is 3.58. The Labute approximate surface area is 95.6 Å². The Bertz CT molecular complexity index is 306. The summed E-state index contributed by atoms with van der Waals surface area (Å²) >= 11 is 0. The molecule has 3 atom stereocenters. The molecule has 0 aromatic rings. The van der Waals surface area contributed by atoms with E-state index in [0.717, 1.165) is 13.0 Å². The Hall–Kier alpha value is -1.10. The Morgan fingerprint density at radius 2 is 2.12 bits per heavy atom. The normalized spacial score (nSPS) is 35.0. The molecule has 2 amide bonds. The molecule has 0 aliphatic carbocycles. The largest absolute Gasteiger partial charge is 0.353 e. The molecule has 16 heavy (non-hydrogen) atoms. The summed E-state index contributed by atoms with van der Waals surface area (Å²) in [6.45, 7) is 5.95. The highest BCUT2D eigenvalue weighted by Crippen LogP contribution is 2.18. The van der Waals surface area contributed by atoms with Crippen molar-refractivity contribution in [1.82, 2.24) is 15.5 Å². The van der Waals surface area contributed by atoms with Gasteiger partial charge >= 0.3 is 0 Å². The van der Waals surface area contributed by atoms with Gasteiger partial charge in [0.15, 0.2) is 0 Å². The van der Waals surface area contributed by atoms with Gasteiger partial charge in [0.1, 0.15) is 6.04 Å². The molecule has 5 nitrogen and oxygen atoms in total. The zero-order chi connectivity index (χ0) is 11.7. The lowest BCUT2D eigenvalue weighted by molar-refractivity contribution is -0.144. The van der Waals surface area contributed by atoms with E-state index in [9.17, 15) is 9.59 Å². The molecule has 3 unspecified atom stereocenters. The summed E-state index contributed by atoms with van der Waals surface area (Å²) in [5.41, 5.74) is 0. The average Bonchev–Trinajstić information content (AvgIpc) is 2.68. The van der Waals surface area contributed by atoms with Crippen LogP contribution >= 0.6 is 0 Å². The number of nitrogens with one attached hydrogen (secondary N) is 2. The molecule has 0 radical (unpaired) electrons. The minimum absolute atomic E-state index is 0.0507. The second-order valence-electron chi connectivity index (χ2n) is 4.70. The van der Waals surface area contributed by atoms with Gasteiger partial charge in [0.25, 0.3) is 0 Å². The van der Waals surface area contributed by atoms with Crippen LogP contribution in [0.15, 0.2) is 0 Å². The molecular formula is C11H19N3O2. The molecular weight excluding hydrogens is 206 g/mol. The molecule has 2 aliphatic rings. The van der Waals surface area contributed by atoms with E-state index in [4.69, 9.17) is 0 Å².